The van der Waals surface area contributed by atoms with E-state index in [1.54, 1.807) is 0 Å². The number of unbranched alkanes of at least 4 members (excludes halogenated alkanes) is 2. The molecule has 1 N–H and O–H groups in total. The van der Waals surface area contributed by atoms with Crippen molar-refractivity contribution in [2.45, 2.75) is 52.5 Å². The second-order valence-electron chi connectivity index (χ2n) is 7.85. The minimum Gasteiger partial charge on any atom is -0.340 e. The van der Waals surface area contributed by atoms with Crippen molar-refractivity contribution in [1.29, 1.82) is 0 Å². The lowest BCUT2D eigenvalue weighted by atomic mass is 10.0. The Morgan fingerprint density at radius 1 is 1.12 bits per heavy atom. The zero-order valence-corrected chi connectivity index (χ0v) is 16.8. The molecule has 2 aliphatic heterocycles. The van der Waals surface area contributed by atoms with E-state index >= 15 is 0 Å². The van der Waals surface area contributed by atoms with Gasteiger partial charge in [0, 0.05) is 38.6 Å². The first-order chi connectivity index (χ1) is 11.7. The molecule has 0 aromatic carbocycles. The molecule has 0 unspecified atom stereocenters. The molecule has 2 saturated heterocycles. The van der Waals surface area contributed by atoms with Crippen molar-refractivity contribution in [3.8, 4) is 0 Å². The van der Waals surface area contributed by atoms with E-state index in [2.05, 4.69) is 10.2 Å². The molecule has 7 heteroatoms. The number of nitrogens with zero attached hydrogens (tertiary/aromatic N) is 3. The first-order valence-electron chi connectivity index (χ1n) is 9.37. The molecule has 0 radical (unpaired) electrons. The quantitative estimate of drug-likeness (QED) is 0.545. The number of rotatable bonds is 7. The molecular weight excluding hydrogens is 336 g/mol. The highest BCUT2D eigenvalue weighted by atomic mass is 32.1. The number of nitrogens with one attached hydrogen (secondary N) is 1. The Kier molecular flexibility index (Phi) is 6.79. The SMILES string of the molecule is CC(C)C(=O)N1CCN(CCCCCN2C(=S)NC(=O)C2(C)C)CC1. The third kappa shape index (κ3) is 4.91. The zero-order valence-electron chi connectivity index (χ0n) is 16.0. The molecule has 2 fully saturated rings. The van der Waals surface area contributed by atoms with Crippen molar-refractivity contribution < 1.29 is 9.59 Å². The first-order valence-corrected chi connectivity index (χ1v) is 9.78. The van der Waals surface area contributed by atoms with Gasteiger partial charge in [0.25, 0.3) is 5.91 Å². The molecule has 2 rings (SSSR count). The summed E-state index contributed by atoms with van der Waals surface area (Å²) in [7, 11) is 0. The van der Waals surface area contributed by atoms with Gasteiger partial charge in [-0.2, -0.15) is 0 Å². The Labute approximate surface area is 156 Å². The molecule has 0 aromatic heterocycles. The molecule has 25 heavy (non-hydrogen) atoms. The lowest BCUT2D eigenvalue weighted by Gasteiger charge is -2.35. The molecule has 0 aliphatic carbocycles. The Bertz CT molecular complexity index is 513. The highest BCUT2D eigenvalue weighted by Gasteiger charge is 2.42. The Balaban J connectivity index is 1.61. The molecular formula is C18H32N4O2S. The van der Waals surface area contributed by atoms with Gasteiger partial charge >= 0.3 is 0 Å². The van der Waals surface area contributed by atoms with Gasteiger partial charge in [-0.15, -0.1) is 0 Å². The maximum atomic E-state index is 12.0. The number of carbonyl (C=O) groups excluding carboxylic acids is 2. The summed E-state index contributed by atoms with van der Waals surface area (Å²) in [5.74, 6) is 0.354. The fourth-order valence-corrected chi connectivity index (χ4v) is 3.83. The molecule has 2 aliphatic rings. The third-order valence-corrected chi connectivity index (χ3v) is 5.55. The van der Waals surface area contributed by atoms with Gasteiger partial charge in [0.1, 0.15) is 5.54 Å². The fraction of sp³-hybridized carbons (Fsp3) is 0.833. The molecule has 2 amide bonds. The van der Waals surface area contributed by atoms with Crippen LogP contribution in [0.5, 0.6) is 0 Å². The fourth-order valence-electron chi connectivity index (χ4n) is 3.41. The maximum absolute atomic E-state index is 12.0. The van der Waals surface area contributed by atoms with Gasteiger partial charge in [0.15, 0.2) is 5.11 Å². The zero-order chi connectivity index (χ0) is 18.6. The van der Waals surface area contributed by atoms with Crippen molar-refractivity contribution in [2.24, 2.45) is 5.92 Å². The van der Waals surface area contributed by atoms with Crippen LogP contribution in [-0.2, 0) is 9.59 Å². The summed E-state index contributed by atoms with van der Waals surface area (Å²) >= 11 is 5.25. The molecule has 0 atom stereocenters. The van der Waals surface area contributed by atoms with E-state index in [4.69, 9.17) is 12.2 Å². The minimum absolute atomic E-state index is 0.00804. The number of hydrogen-bond acceptors (Lipinski definition) is 4. The van der Waals surface area contributed by atoms with E-state index in [0.29, 0.717) is 5.11 Å². The number of amides is 2. The lowest BCUT2D eigenvalue weighted by molar-refractivity contribution is -0.136. The molecule has 6 nitrogen and oxygen atoms in total. The second-order valence-corrected chi connectivity index (χ2v) is 8.24. The van der Waals surface area contributed by atoms with Crippen LogP contribution in [0.1, 0.15) is 47.0 Å². The summed E-state index contributed by atoms with van der Waals surface area (Å²) in [6.07, 6.45) is 3.29. The molecule has 2 heterocycles. The molecule has 0 bridgehead atoms. The molecule has 0 saturated carbocycles. The van der Waals surface area contributed by atoms with E-state index in [1.165, 1.54) is 0 Å². The number of piperazine rings is 1. The third-order valence-electron chi connectivity index (χ3n) is 5.23. The standard InChI is InChI=1S/C18H32N4O2S/c1-14(2)15(23)21-12-10-20(11-13-21)8-6-5-7-9-22-17(25)19-16(24)18(22,3)4/h14H,5-13H2,1-4H3,(H,19,24,25). The summed E-state index contributed by atoms with van der Waals surface area (Å²) in [6, 6.07) is 0. The Hall–Kier alpha value is -1.21. The van der Waals surface area contributed by atoms with Crippen molar-refractivity contribution in [3.05, 3.63) is 0 Å². The van der Waals surface area contributed by atoms with Crippen LogP contribution in [0.25, 0.3) is 0 Å². The Morgan fingerprint density at radius 2 is 1.72 bits per heavy atom. The van der Waals surface area contributed by atoms with Crippen LogP contribution in [0, 0.1) is 5.92 Å². The van der Waals surface area contributed by atoms with Crippen molar-refractivity contribution in [1.82, 2.24) is 20.0 Å². The van der Waals surface area contributed by atoms with Gasteiger partial charge in [-0.25, -0.2) is 0 Å². The van der Waals surface area contributed by atoms with Gasteiger partial charge < -0.3 is 15.1 Å². The average molecular weight is 369 g/mol. The number of carbonyl (C=O) groups is 2. The normalized spacial score (nSPS) is 21.2. The van der Waals surface area contributed by atoms with Gasteiger partial charge in [0.2, 0.25) is 5.91 Å². The van der Waals surface area contributed by atoms with Crippen LogP contribution < -0.4 is 5.32 Å². The van der Waals surface area contributed by atoms with Gasteiger partial charge in [-0.05, 0) is 45.5 Å². The van der Waals surface area contributed by atoms with Gasteiger partial charge in [-0.1, -0.05) is 20.3 Å². The van der Waals surface area contributed by atoms with Crippen LogP contribution in [0.2, 0.25) is 0 Å². The predicted octanol–water partition coefficient (Wildman–Crippen LogP) is 1.45. The summed E-state index contributed by atoms with van der Waals surface area (Å²) in [5, 5.41) is 3.31. The van der Waals surface area contributed by atoms with Crippen molar-refractivity contribution in [3.63, 3.8) is 0 Å². The van der Waals surface area contributed by atoms with Gasteiger partial charge in [-0.3, -0.25) is 14.5 Å². The monoisotopic (exact) mass is 368 g/mol. The Morgan fingerprint density at radius 3 is 2.24 bits per heavy atom. The highest BCUT2D eigenvalue weighted by Crippen LogP contribution is 2.21. The largest absolute Gasteiger partial charge is 0.340 e. The van der Waals surface area contributed by atoms with Crippen molar-refractivity contribution in [2.75, 3.05) is 39.3 Å². The second kappa shape index (κ2) is 8.45. The van der Waals surface area contributed by atoms with Crippen LogP contribution >= 0.6 is 12.2 Å². The predicted molar refractivity (Wildman–Crippen MR) is 103 cm³/mol. The van der Waals surface area contributed by atoms with E-state index in [9.17, 15) is 9.59 Å². The molecule has 0 aromatic rings. The van der Waals surface area contributed by atoms with E-state index in [0.717, 1.165) is 58.5 Å². The average Bonchev–Trinajstić information content (AvgIpc) is 2.75. The van der Waals surface area contributed by atoms with Crippen LogP contribution in [0.4, 0.5) is 0 Å². The topological polar surface area (TPSA) is 55.9 Å². The van der Waals surface area contributed by atoms with Crippen LogP contribution in [-0.4, -0.2) is 76.4 Å². The van der Waals surface area contributed by atoms with Gasteiger partial charge in [0.05, 0.1) is 0 Å². The molecule has 0 spiro atoms. The van der Waals surface area contributed by atoms with Crippen molar-refractivity contribution >= 4 is 29.1 Å². The minimum atomic E-state index is -0.531. The summed E-state index contributed by atoms with van der Waals surface area (Å²) < 4.78 is 0. The number of thiocarbonyl (C=S) groups is 1. The summed E-state index contributed by atoms with van der Waals surface area (Å²) in [4.78, 5) is 30.3. The summed E-state index contributed by atoms with van der Waals surface area (Å²) in [5.41, 5.74) is -0.531. The van der Waals surface area contributed by atoms with E-state index in [-0.39, 0.29) is 17.7 Å². The van der Waals surface area contributed by atoms with Crippen LogP contribution in [0.15, 0.2) is 0 Å². The van der Waals surface area contributed by atoms with E-state index in [1.807, 2.05) is 37.5 Å². The smallest absolute Gasteiger partial charge is 0.251 e. The van der Waals surface area contributed by atoms with E-state index < -0.39 is 5.54 Å². The first kappa shape index (κ1) is 20.1. The maximum Gasteiger partial charge on any atom is 0.251 e. The summed E-state index contributed by atoms with van der Waals surface area (Å²) in [6.45, 7) is 13.3. The highest BCUT2D eigenvalue weighted by molar-refractivity contribution is 7.80. The molecule has 142 valence electrons. The number of hydrogen-bond donors (Lipinski definition) is 1. The lowest BCUT2D eigenvalue weighted by Crippen LogP contribution is -2.49. The van der Waals surface area contributed by atoms with Crippen LogP contribution in [0.3, 0.4) is 0 Å².